The third-order valence-corrected chi connectivity index (χ3v) is 3.45. The highest BCUT2D eigenvalue weighted by Gasteiger charge is 2.15. The number of nitro groups is 1. The number of rotatable bonds is 2. The van der Waals surface area contributed by atoms with Gasteiger partial charge in [-0.05, 0) is 25.1 Å². The quantitative estimate of drug-likeness (QED) is 0.577. The van der Waals surface area contributed by atoms with E-state index in [0.29, 0.717) is 16.5 Å². The fraction of sp³-hybridized carbons (Fsp3) is 0.0667. The van der Waals surface area contributed by atoms with E-state index in [1.807, 2.05) is 0 Å². The van der Waals surface area contributed by atoms with Crippen LogP contribution in [0.15, 0.2) is 52.1 Å². The molecule has 2 aromatic carbocycles. The van der Waals surface area contributed by atoms with E-state index in [9.17, 15) is 19.7 Å². The van der Waals surface area contributed by atoms with E-state index in [1.165, 1.54) is 18.2 Å². The minimum atomic E-state index is -0.637. The summed E-state index contributed by atoms with van der Waals surface area (Å²) in [5.41, 5.74) is -0.250. The Morgan fingerprint density at radius 2 is 1.86 bits per heavy atom. The number of nitrogens with one attached hydrogen (secondary N) is 1. The highest BCUT2D eigenvalue weighted by molar-refractivity contribution is 5.77. The Bertz CT molecular complexity index is 1020. The standard InChI is InChI=1S/C15H11N3O4/c1-9-6-7-10(8-13(9)18(21)22)17-14(19)11-4-2-3-5-12(11)16-15(17)20/h2-8H,1H3,(H,16,20). The topological polar surface area (TPSA) is 98.0 Å². The lowest BCUT2D eigenvalue weighted by Gasteiger charge is -2.07. The normalized spacial score (nSPS) is 10.8. The lowest BCUT2D eigenvalue weighted by molar-refractivity contribution is -0.385. The molecule has 22 heavy (non-hydrogen) atoms. The predicted molar refractivity (Wildman–Crippen MR) is 81.6 cm³/mol. The molecule has 1 heterocycles. The summed E-state index contributed by atoms with van der Waals surface area (Å²) >= 11 is 0. The fourth-order valence-electron chi connectivity index (χ4n) is 2.33. The van der Waals surface area contributed by atoms with Gasteiger partial charge in [-0.25, -0.2) is 9.36 Å². The molecule has 0 radical (unpaired) electrons. The smallest absolute Gasteiger partial charge is 0.306 e. The zero-order valence-corrected chi connectivity index (χ0v) is 11.6. The molecule has 0 unspecified atom stereocenters. The monoisotopic (exact) mass is 297 g/mol. The van der Waals surface area contributed by atoms with Gasteiger partial charge >= 0.3 is 5.69 Å². The molecule has 0 aliphatic carbocycles. The van der Waals surface area contributed by atoms with Crippen LogP contribution in [0, 0.1) is 17.0 Å². The average molecular weight is 297 g/mol. The number of hydrogen-bond acceptors (Lipinski definition) is 4. The number of aryl methyl sites for hydroxylation is 1. The number of hydrogen-bond donors (Lipinski definition) is 1. The molecule has 110 valence electrons. The first-order valence-corrected chi connectivity index (χ1v) is 6.48. The number of aromatic amines is 1. The molecule has 3 rings (SSSR count). The Kier molecular flexibility index (Phi) is 3.10. The van der Waals surface area contributed by atoms with Crippen molar-refractivity contribution in [1.29, 1.82) is 0 Å². The van der Waals surface area contributed by atoms with Gasteiger partial charge in [0.05, 0.1) is 21.5 Å². The van der Waals surface area contributed by atoms with Crippen molar-refractivity contribution >= 4 is 16.6 Å². The number of nitrogens with zero attached hydrogens (tertiary/aromatic N) is 2. The van der Waals surface area contributed by atoms with Gasteiger partial charge in [0.15, 0.2) is 0 Å². The second-order valence-corrected chi connectivity index (χ2v) is 4.84. The van der Waals surface area contributed by atoms with Gasteiger partial charge in [0, 0.05) is 11.6 Å². The molecule has 0 fully saturated rings. The summed E-state index contributed by atoms with van der Waals surface area (Å²) in [4.78, 5) is 37.7. The van der Waals surface area contributed by atoms with E-state index in [1.54, 1.807) is 31.2 Å². The highest BCUT2D eigenvalue weighted by atomic mass is 16.6. The van der Waals surface area contributed by atoms with Crippen LogP contribution in [0.1, 0.15) is 5.56 Å². The number of benzene rings is 2. The third kappa shape index (κ3) is 2.08. The van der Waals surface area contributed by atoms with Crippen molar-refractivity contribution < 1.29 is 4.92 Å². The van der Waals surface area contributed by atoms with Gasteiger partial charge in [-0.15, -0.1) is 0 Å². The van der Waals surface area contributed by atoms with Gasteiger partial charge in [0.25, 0.3) is 11.2 Å². The number of nitro benzene ring substituents is 1. The fourth-order valence-corrected chi connectivity index (χ4v) is 2.33. The number of para-hydroxylation sites is 1. The summed E-state index contributed by atoms with van der Waals surface area (Å²) in [5, 5.41) is 11.4. The van der Waals surface area contributed by atoms with E-state index < -0.39 is 16.2 Å². The summed E-state index contributed by atoms with van der Waals surface area (Å²) < 4.78 is 0.898. The van der Waals surface area contributed by atoms with Crippen molar-refractivity contribution in [2.24, 2.45) is 0 Å². The molecule has 7 nitrogen and oxygen atoms in total. The Morgan fingerprint density at radius 3 is 2.59 bits per heavy atom. The molecule has 0 amide bonds. The van der Waals surface area contributed by atoms with Crippen LogP contribution in [-0.2, 0) is 0 Å². The van der Waals surface area contributed by atoms with Crippen molar-refractivity contribution in [1.82, 2.24) is 9.55 Å². The van der Waals surface area contributed by atoms with E-state index in [-0.39, 0.29) is 11.4 Å². The van der Waals surface area contributed by atoms with Crippen LogP contribution >= 0.6 is 0 Å². The summed E-state index contributed by atoms with van der Waals surface area (Å²) in [6, 6.07) is 10.8. The number of H-pyrrole nitrogens is 1. The first-order chi connectivity index (χ1) is 10.5. The Hall–Kier alpha value is -3.22. The highest BCUT2D eigenvalue weighted by Crippen LogP contribution is 2.20. The van der Waals surface area contributed by atoms with Crippen molar-refractivity contribution in [3.05, 3.63) is 79.0 Å². The maximum atomic E-state index is 12.5. The molecule has 0 aliphatic rings. The molecule has 0 saturated carbocycles. The predicted octanol–water partition coefficient (Wildman–Crippen LogP) is 1.90. The van der Waals surface area contributed by atoms with Gasteiger partial charge in [0.2, 0.25) is 0 Å². The van der Waals surface area contributed by atoms with Crippen LogP contribution in [0.4, 0.5) is 5.69 Å². The maximum Gasteiger partial charge on any atom is 0.333 e. The summed E-state index contributed by atoms with van der Waals surface area (Å²) in [6.07, 6.45) is 0. The van der Waals surface area contributed by atoms with Crippen molar-refractivity contribution in [3.63, 3.8) is 0 Å². The number of aromatic nitrogens is 2. The zero-order valence-electron chi connectivity index (χ0n) is 11.6. The van der Waals surface area contributed by atoms with E-state index in [0.717, 1.165) is 4.57 Å². The van der Waals surface area contributed by atoms with Crippen LogP contribution in [0.2, 0.25) is 0 Å². The van der Waals surface area contributed by atoms with E-state index in [2.05, 4.69) is 4.98 Å². The molecule has 1 aromatic heterocycles. The second-order valence-electron chi connectivity index (χ2n) is 4.84. The lowest BCUT2D eigenvalue weighted by atomic mass is 10.2. The van der Waals surface area contributed by atoms with Crippen molar-refractivity contribution in [3.8, 4) is 5.69 Å². The van der Waals surface area contributed by atoms with Crippen molar-refractivity contribution in [2.45, 2.75) is 6.92 Å². The molecule has 0 saturated heterocycles. The minimum absolute atomic E-state index is 0.142. The SMILES string of the molecule is Cc1ccc(-n2c(=O)[nH]c3ccccc3c2=O)cc1[N+](=O)[O-]. The van der Waals surface area contributed by atoms with Crippen LogP contribution < -0.4 is 11.2 Å². The Balaban J connectivity index is 2.36. The van der Waals surface area contributed by atoms with Crippen LogP contribution in [-0.4, -0.2) is 14.5 Å². The van der Waals surface area contributed by atoms with Crippen LogP contribution in [0.25, 0.3) is 16.6 Å². The Labute approximate surface area is 123 Å². The molecule has 3 aromatic rings. The molecule has 1 N–H and O–H groups in total. The maximum absolute atomic E-state index is 12.5. The van der Waals surface area contributed by atoms with Crippen LogP contribution in [0.5, 0.6) is 0 Å². The Morgan fingerprint density at radius 1 is 1.14 bits per heavy atom. The molecule has 0 bridgehead atoms. The van der Waals surface area contributed by atoms with Gasteiger partial charge in [-0.3, -0.25) is 14.9 Å². The number of fused-ring (bicyclic) bond motifs is 1. The van der Waals surface area contributed by atoms with Gasteiger partial charge < -0.3 is 4.98 Å². The van der Waals surface area contributed by atoms with E-state index >= 15 is 0 Å². The molecule has 0 aliphatic heterocycles. The van der Waals surface area contributed by atoms with Gasteiger partial charge in [-0.1, -0.05) is 18.2 Å². The minimum Gasteiger partial charge on any atom is -0.306 e. The van der Waals surface area contributed by atoms with Crippen molar-refractivity contribution in [2.75, 3.05) is 0 Å². The molecular weight excluding hydrogens is 286 g/mol. The molecule has 7 heteroatoms. The summed E-state index contributed by atoms with van der Waals surface area (Å²) in [5.74, 6) is 0. The van der Waals surface area contributed by atoms with Gasteiger partial charge in [-0.2, -0.15) is 0 Å². The zero-order chi connectivity index (χ0) is 15.9. The van der Waals surface area contributed by atoms with Gasteiger partial charge in [0.1, 0.15) is 0 Å². The first-order valence-electron chi connectivity index (χ1n) is 6.48. The third-order valence-electron chi connectivity index (χ3n) is 3.45. The van der Waals surface area contributed by atoms with Crippen LogP contribution in [0.3, 0.4) is 0 Å². The largest absolute Gasteiger partial charge is 0.333 e. The summed E-state index contributed by atoms with van der Waals surface area (Å²) in [7, 11) is 0. The second kappa shape index (κ2) is 4.96. The lowest BCUT2D eigenvalue weighted by Crippen LogP contribution is -2.33. The molecule has 0 atom stereocenters. The summed E-state index contributed by atoms with van der Waals surface area (Å²) in [6.45, 7) is 1.59. The average Bonchev–Trinajstić information content (AvgIpc) is 2.48. The molecular formula is C15H11N3O4. The molecule has 0 spiro atoms. The van der Waals surface area contributed by atoms with E-state index in [4.69, 9.17) is 0 Å². The first kappa shape index (κ1) is 13.7.